The quantitative estimate of drug-likeness (QED) is 0.671. The summed E-state index contributed by atoms with van der Waals surface area (Å²) in [7, 11) is 3.34. The normalized spacial score (nSPS) is 15.8. The van der Waals surface area contributed by atoms with Crippen molar-refractivity contribution in [3.63, 3.8) is 0 Å². The third-order valence-electron chi connectivity index (χ3n) is 5.58. The van der Waals surface area contributed by atoms with Crippen molar-refractivity contribution in [2.75, 3.05) is 76.4 Å². The maximum atomic E-state index is 10.7. The average molecular weight is 447 g/mol. The first-order valence-corrected chi connectivity index (χ1v) is 10.7. The van der Waals surface area contributed by atoms with Gasteiger partial charge in [0.2, 0.25) is 0 Å². The van der Waals surface area contributed by atoms with Crippen molar-refractivity contribution >= 4 is 17.5 Å². The predicted molar refractivity (Wildman–Crippen MR) is 123 cm³/mol. The number of benzene rings is 2. The number of hydrogen-bond acceptors (Lipinski definition) is 6. The van der Waals surface area contributed by atoms with Crippen LogP contribution in [0.15, 0.2) is 48.5 Å². The van der Waals surface area contributed by atoms with Crippen LogP contribution in [0.5, 0.6) is 11.5 Å². The van der Waals surface area contributed by atoms with Crippen molar-refractivity contribution in [1.29, 1.82) is 0 Å². The highest BCUT2D eigenvalue weighted by Crippen LogP contribution is 2.22. The monoisotopic (exact) mass is 446 g/mol. The van der Waals surface area contributed by atoms with Crippen molar-refractivity contribution in [2.45, 2.75) is 0 Å². The Morgan fingerprint density at radius 3 is 1.72 bits per heavy atom. The van der Waals surface area contributed by atoms with Crippen LogP contribution in [0.1, 0.15) is 0 Å². The molecule has 2 aromatic carbocycles. The number of nitrogens with zero attached hydrogens (tertiary/aromatic N) is 3. The molecule has 2 aromatic rings. The van der Waals surface area contributed by atoms with E-state index in [4.69, 9.17) is 9.47 Å². The fourth-order valence-electron chi connectivity index (χ4n) is 3.77. The van der Waals surface area contributed by atoms with Crippen LogP contribution in [-0.4, -0.2) is 83.0 Å². The van der Waals surface area contributed by atoms with Gasteiger partial charge in [0.05, 0.1) is 40.4 Å². The smallest absolute Gasteiger partial charge is 0.137 e. The fourth-order valence-corrected chi connectivity index (χ4v) is 3.77. The Hall–Kier alpha value is -3.17. The van der Waals surface area contributed by atoms with Gasteiger partial charge in [0, 0.05) is 49.7 Å². The molecule has 0 saturated carbocycles. The molecular weight excluding hydrogens is 412 g/mol. The van der Waals surface area contributed by atoms with Gasteiger partial charge in [-0.15, -0.1) is 0 Å². The highest BCUT2D eigenvalue weighted by atomic mass is 16.5. The van der Waals surface area contributed by atoms with Crippen LogP contribution < -0.4 is 29.7 Å². The lowest BCUT2D eigenvalue weighted by atomic mass is 10.2. The second kappa shape index (κ2) is 12.6. The first kappa shape index (κ1) is 25.1. The molecule has 9 nitrogen and oxygen atoms in total. The average Bonchev–Trinajstić information content (AvgIpc) is 2.85. The SMILES string of the molecule is COc1cccc(N2CCN(C(=O)[O-])CC2)c1.COc1cccc(N2CC[NH2+]CC2)c1.O. The summed E-state index contributed by atoms with van der Waals surface area (Å²) >= 11 is 0. The van der Waals surface area contributed by atoms with E-state index in [1.54, 1.807) is 14.2 Å². The zero-order valence-corrected chi connectivity index (χ0v) is 18.8. The summed E-state index contributed by atoms with van der Waals surface area (Å²) in [5, 5.41) is 13.0. The Morgan fingerprint density at radius 2 is 1.28 bits per heavy atom. The Kier molecular flexibility index (Phi) is 9.90. The summed E-state index contributed by atoms with van der Waals surface area (Å²) in [6, 6.07) is 16.1. The topological polar surface area (TPSA) is 116 Å². The van der Waals surface area contributed by atoms with Gasteiger partial charge in [0.25, 0.3) is 0 Å². The number of piperazine rings is 2. The fraction of sp³-hybridized carbons (Fsp3) is 0.435. The van der Waals surface area contributed by atoms with E-state index in [2.05, 4.69) is 27.2 Å². The zero-order valence-electron chi connectivity index (χ0n) is 18.8. The number of amides is 1. The molecule has 32 heavy (non-hydrogen) atoms. The summed E-state index contributed by atoms with van der Waals surface area (Å²) in [5.41, 5.74) is 2.33. The number of ether oxygens (including phenoxy) is 2. The molecule has 0 aliphatic carbocycles. The van der Waals surface area contributed by atoms with Crippen LogP contribution >= 0.6 is 0 Å². The second-order valence-electron chi connectivity index (χ2n) is 7.50. The lowest BCUT2D eigenvalue weighted by Crippen LogP contribution is -2.89. The molecule has 4 N–H and O–H groups in total. The van der Waals surface area contributed by atoms with Crippen molar-refractivity contribution in [2.24, 2.45) is 0 Å². The summed E-state index contributed by atoms with van der Waals surface area (Å²) in [6.07, 6.45) is -1.09. The first-order valence-electron chi connectivity index (χ1n) is 10.7. The van der Waals surface area contributed by atoms with E-state index < -0.39 is 6.09 Å². The minimum atomic E-state index is -1.09. The maximum Gasteiger partial charge on any atom is 0.137 e. The Labute approximate surface area is 189 Å². The number of nitrogens with two attached hydrogens (primary N) is 1. The molecule has 0 bridgehead atoms. The molecule has 0 spiro atoms. The maximum absolute atomic E-state index is 10.7. The molecule has 2 fully saturated rings. The molecular formula is C23H34N4O5. The molecule has 2 aliphatic rings. The number of methoxy groups -OCH3 is 2. The third kappa shape index (κ3) is 6.93. The second-order valence-corrected chi connectivity index (χ2v) is 7.50. The van der Waals surface area contributed by atoms with Gasteiger partial charge < -0.3 is 44.9 Å². The zero-order chi connectivity index (χ0) is 22.1. The van der Waals surface area contributed by atoms with Gasteiger partial charge in [-0.3, -0.25) is 0 Å². The Morgan fingerprint density at radius 1 is 0.812 bits per heavy atom. The summed E-state index contributed by atoms with van der Waals surface area (Å²) in [6.45, 7) is 6.98. The molecule has 0 unspecified atom stereocenters. The number of carbonyl (C=O) groups is 1. The van der Waals surface area contributed by atoms with E-state index in [0.29, 0.717) is 26.2 Å². The Bertz CT molecular complexity index is 837. The van der Waals surface area contributed by atoms with Crippen molar-refractivity contribution in [1.82, 2.24) is 4.90 Å². The molecule has 0 aromatic heterocycles. The number of hydrogen-bond donors (Lipinski definition) is 1. The van der Waals surface area contributed by atoms with Crippen LogP contribution in [0, 0.1) is 0 Å². The Balaban J connectivity index is 0.000000224. The summed E-state index contributed by atoms with van der Waals surface area (Å²) < 4.78 is 10.4. The molecule has 9 heteroatoms. The predicted octanol–water partition coefficient (Wildman–Crippen LogP) is -0.586. The molecule has 1 amide bonds. The molecule has 176 valence electrons. The van der Waals surface area contributed by atoms with Crippen molar-refractivity contribution in [3.8, 4) is 11.5 Å². The van der Waals surface area contributed by atoms with Crippen LogP contribution in [0.4, 0.5) is 16.2 Å². The minimum absolute atomic E-state index is 0. The standard InChI is InChI=1S/C12H16N2O3.C11H16N2O.H2O/c1-17-11-4-2-3-10(9-11)13-5-7-14(8-6-13)12(15)16;1-14-11-4-2-3-10(9-11)13-7-5-12-6-8-13;/h2-4,9H,5-8H2,1H3,(H,15,16);2-4,9,12H,5-8H2,1H3;1H2. The number of carbonyl (C=O) groups excluding carboxylic acids is 1. The molecule has 0 atom stereocenters. The lowest BCUT2D eigenvalue weighted by Gasteiger charge is -2.37. The van der Waals surface area contributed by atoms with Gasteiger partial charge in [0.15, 0.2) is 0 Å². The minimum Gasteiger partial charge on any atom is -0.530 e. The first-order chi connectivity index (χ1) is 15.1. The van der Waals surface area contributed by atoms with Crippen molar-refractivity contribution < 1.29 is 30.2 Å². The van der Waals surface area contributed by atoms with E-state index in [1.165, 1.54) is 23.7 Å². The van der Waals surface area contributed by atoms with Gasteiger partial charge in [-0.05, 0) is 24.3 Å². The largest absolute Gasteiger partial charge is 0.530 e. The van der Waals surface area contributed by atoms with E-state index >= 15 is 0 Å². The highest BCUT2D eigenvalue weighted by molar-refractivity contribution is 5.63. The van der Waals surface area contributed by atoms with Gasteiger partial charge in [0.1, 0.15) is 17.6 Å². The molecule has 0 radical (unpaired) electrons. The summed E-state index contributed by atoms with van der Waals surface area (Å²) in [4.78, 5) is 16.6. The van der Waals surface area contributed by atoms with Gasteiger partial charge in [-0.25, -0.2) is 0 Å². The molecule has 2 aliphatic heterocycles. The van der Waals surface area contributed by atoms with Crippen LogP contribution in [0.2, 0.25) is 0 Å². The van der Waals surface area contributed by atoms with Gasteiger partial charge in [-0.1, -0.05) is 12.1 Å². The van der Waals surface area contributed by atoms with E-state index in [9.17, 15) is 9.90 Å². The van der Waals surface area contributed by atoms with E-state index in [-0.39, 0.29) is 5.48 Å². The van der Waals surface area contributed by atoms with Crippen LogP contribution in [-0.2, 0) is 0 Å². The number of anilines is 2. The molecule has 2 saturated heterocycles. The van der Waals surface area contributed by atoms with E-state index in [1.807, 2.05) is 36.4 Å². The summed E-state index contributed by atoms with van der Waals surface area (Å²) in [5.74, 6) is 1.75. The van der Waals surface area contributed by atoms with Gasteiger partial charge >= 0.3 is 0 Å². The van der Waals surface area contributed by atoms with E-state index in [0.717, 1.165) is 30.3 Å². The number of rotatable bonds is 4. The highest BCUT2D eigenvalue weighted by Gasteiger charge is 2.17. The molecule has 4 rings (SSSR count). The number of carboxylic acid groups (broad SMARTS) is 1. The van der Waals surface area contributed by atoms with Gasteiger partial charge in [-0.2, -0.15) is 0 Å². The molecule has 2 heterocycles. The van der Waals surface area contributed by atoms with Crippen LogP contribution in [0.25, 0.3) is 0 Å². The van der Waals surface area contributed by atoms with Crippen molar-refractivity contribution in [3.05, 3.63) is 48.5 Å². The number of quaternary nitrogens is 1. The lowest BCUT2D eigenvalue weighted by molar-refractivity contribution is -0.655. The third-order valence-corrected chi connectivity index (χ3v) is 5.58. The van der Waals surface area contributed by atoms with Crippen LogP contribution in [0.3, 0.4) is 0 Å².